The molecule has 2 aromatic rings. The molecule has 1 aromatic heterocycles. The number of benzene rings is 1. The van der Waals surface area contributed by atoms with Crippen LogP contribution in [0.15, 0.2) is 29.2 Å². The minimum atomic E-state index is -3.79. The van der Waals surface area contributed by atoms with Gasteiger partial charge in [0.15, 0.2) is 6.61 Å². The van der Waals surface area contributed by atoms with Gasteiger partial charge >= 0.3 is 5.97 Å². The molecular weight excluding hydrogens is 440 g/mol. The highest BCUT2D eigenvalue weighted by molar-refractivity contribution is 7.89. The van der Waals surface area contributed by atoms with Crippen LogP contribution in [0.5, 0.6) is 0 Å². The molecule has 2 heterocycles. The molecule has 1 saturated heterocycles. The SMILES string of the molecule is Cc1cc(C(=O)COC(=O)c2ccc(Cl)c(S(=O)(=O)N3CCCC3)c2)c(C)n1C1CC1. The van der Waals surface area contributed by atoms with Crippen LogP contribution in [-0.4, -0.2) is 48.7 Å². The lowest BCUT2D eigenvalue weighted by Gasteiger charge is -2.17. The predicted molar refractivity (Wildman–Crippen MR) is 116 cm³/mol. The molecule has 2 aliphatic rings. The molecule has 0 N–H and O–H groups in total. The molecule has 2 fully saturated rings. The summed E-state index contributed by atoms with van der Waals surface area (Å²) in [4.78, 5) is 25.1. The van der Waals surface area contributed by atoms with Crippen molar-refractivity contribution in [2.24, 2.45) is 0 Å². The van der Waals surface area contributed by atoms with Crippen molar-refractivity contribution < 1.29 is 22.7 Å². The highest BCUT2D eigenvalue weighted by Gasteiger charge is 2.31. The summed E-state index contributed by atoms with van der Waals surface area (Å²) >= 11 is 6.12. The molecule has 4 rings (SSSR count). The molecule has 1 aliphatic heterocycles. The zero-order chi connectivity index (χ0) is 22.3. The van der Waals surface area contributed by atoms with Gasteiger partial charge in [-0.1, -0.05) is 11.6 Å². The number of halogens is 1. The molecular formula is C22H25ClN2O5S. The Labute approximate surface area is 187 Å². The lowest BCUT2D eigenvalue weighted by atomic mass is 10.1. The van der Waals surface area contributed by atoms with Crippen LogP contribution in [0.3, 0.4) is 0 Å². The number of ketones is 1. The maximum atomic E-state index is 12.8. The van der Waals surface area contributed by atoms with Crippen molar-refractivity contribution in [2.45, 2.75) is 50.5 Å². The van der Waals surface area contributed by atoms with Crippen molar-refractivity contribution in [1.82, 2.24) is 8.87 Å². The van der Waals surface area contributed by atoms with Crippen molar-refractivity contribution in [3.05, 3.63) is 51.8 Å². The van der Waals surface area contributed by atoms with Gasteiger partial charge in [0.2, 0.25) is 15.8 Å². The third-order valence-corrected chi connectivity index (χ3v) is 8.26. The van der Waals surface area contributed by atoms with Crippen LogP contribution in [0.2, 0.25) is 5.02 Å². The Morgan fingerprint density at radius 3 is 2.45 bits per heavy atom. The van der Waals surface area contributed by atoms with Gasteiger partial charge in [-0.15, -0.1) is 0 Å². The monoisotopic (exact) mass is 464 g/mol. The second kappa shape index (κ2) is 8.41. The first kappa shape index (κ1) is 22.0. The molecule has 0 amide bonds. The molecule has 1 saturated carbocycles. The summed E-state index contributed by atoms with van der Waals surface area (Å²) in [7, 11) is -3.79. The molecule has 0 bridgehead atoms. The summed E-state index contributed by atoms with van der Waals surface area (Å²) in [5.74, 6) is -1.05. The number of Topliss-reactive ketones (excluding diaryl/α,β-unsaturated/α-hetero) is 1. The first-order valence-electron chi connectivity index (χ1n) is 10.4. The molecule has 0 spiro atoms. The van der Waals surface area contributed by atoms with E-state index in [1.54, 1.807) is 0 Å². The van der Waals surface area contributed by atoms with Crippen molar-refractivity contribution in [2.75, 3.05) is 19.7 Å². The summed E-state index contributed by atoms with van der Waals surface area (Å²) in [5.41, 5.74) is 2.49. The van der Waals surface area contributed by atoms with E-state index >= 15 is 0 Å². The third kappa shape index (κ3) is 4.29. The third-order valence-electron chi connectivity index (χ3n) is 5.88. The van der Waals surface area contributed by atoms with Crippen LogP contribution in [0, 0.1) is 13.8 Å². The number of nitrogens with zero attached hydrogens (tertiary/aromatic N) is 2. The van der Waals surface area contributed by atoms with Gasteiger partial charge in [-0.25, -0.2) is 13.2 Å². The quantitative estimate of drug-likeness (QED) is 0.458. The number of hydrogen-bond donors (Lipinski definition) is 0. The van der Waals surface area contributed by atoms with E-state index in [2.05, 4.69) is 4.57 Å². The van der Waals surface area contributed by atoms with Gasteiger partial charge in [0.1, 0.15) is 4.90 Å². The Morgan fingerprint density at radius 2 is 1.81 bits per heavy atom. The summed E-state index contributed by atoms with van der Waals surface area (Å²) in [6, 6.07) is 6.27. The van der Waals surface area contributed by atoms with Gasteiger partial charge in [0.25, 0.3) is 0 Å². The number of sulfonamides is 1. The van der Waals surface area contributed by atoms with E-state index in [0.717, 1.165) is 37.1 Å². The summed E-state index contributed by atoms with van der Waals surface area (Å²) in [6.07, 6.45) is 3.81. The number of ether oxygens (including phenoxy) is 1. The number of aromatic nitrogens is 1. The first-order valence-corrected chi connectivity index (χ1v) is 12.2. The Hall–Kier alpha value is -2.16. The van der Waals surface area contributed by atoms with Gasteiger partial charge in [-0.3, -0.25) is 4.79 Å². The number of carbonyl (C=O) groups excluding carboxylic acids is 2. The van der Waals surface area contributed by atoms with Crippen molar-refractivity contribution in [3.63, 3.8) is 0 Å². The molecule has 9 heteroatoms. The van der Waals surface area contributed by atoms with E-state index in [1.165, 1.54) is 22.5 Å². The topological polar surface area (TPSA) is 85.7 Å². The van der Waals surface area contributed by atoms with E-state index in [0.29, 0.717) is 24.7 Å². The van der Waals surface area contributed by atoms with E-state index in [9.17, 15) is 18.0 Å². The fourth-order valence-electron chi connectivity index (χ4n) is 4.14. The van der Waals surface area contributed by atoms with Gasteiger partial charge in [0.05, 0.1) is 10.6 Å². The summed E-state index contributed by atoms with van der Waals surface area (Å²) in [5, 5.41) is 0.0482. The van der Waals surface area contributed by atoms with Crippen LogP contribution < -0.4 is 0 Å². The number of aryl methyl sites for hydroxylation is 1. The largest absolute Gasteiger partial charge is 0.454 e. The van der Waals surface area contributed by atoms with Crippen LogP contribution in [0.25, 0.3) is 0 Å². The second-order valence-corrected chi connectivity index (χ2v) is 10.5. The van der Waals surface area contributed by atoms with Crippen LogP contribution in [-0.2, 0) is 14.8 Å². The smallest absolute Gasteiger partial charge is 0.338 e. The number of rotatable bonds is 7. The maximum Gasteiger partial charge on any atom is 0.338 e. The van der Waals surface area contributed by atoms with Crippen molar-refractivity contribution >= 4 is 33.4 Å². The molecule has 31 heavy (non-hydrogen) atoms. The zero-order valence-corrected chi connectivity index (χ0v) is 19.1. The van der Waals surface area contributed by atoms with E-state index in [1.807, 2.05) is 19.9 Å². The number of esters is 1. The first-order chi connectivity index (χ1) is 14.7. The molecule has 0 unspecified atom stereocenters. The standard InChI is InChI=1S/C22H25ClN2O5S/c1-14-11-18(15(2)25(14)17-6-7-17)20(26)13-30-22(27)16-5-8-19(23)21(12-16)31(28,29)24-9-3-4-10-24/h5,8,11-12,17H,3-4,6-7,9-10,13H2,1-2H3. The Kier molecular flexibility index (Phi) is 5.98. The summed E-state index contributed by atoms with van der Waals surface area (Å²) in [6.45, 7) is 4.31. The van der Waals surface area contributed by atoms with Gasteiger partial charge in [-0.05, 0) is 63.8 Å². The fraction of sp³-hybridized carbons (Fsp3) is 0.455. The predicted octanol–water partition coefficient (Wildman–Crippen LogP) is 3.92. The van der Waals surface area contributed by atoms with Crippen LogP contribution in [0.1, 0.15) is 63.8 Å². The lowest BCUT2D eigenvalue weighted by Crippen LogP contribution is -2.28. The highest BCUT2D eigenvalue weighted by atomic mass is 35.5. The minimum Gasteiger partial charge on any atom is -0.454 e. The van der Waals surface area contributed by atoms with Crippen LogP contribution in [0.4, 0.5) is 0 Å². The van der Waals surface area contributed by atoms with E-state index < -0.39 is 22.6 Å². The van der Waals surface area contributed by atoms with Gasteiger partial charge in [0, 0.05) is 36.1 Å². The number of carbonyl (C=O) groups is 2. The number of hydrogen-bond acceptors (Lipinski definition) is 5. The van der Waals surface area contributed by atoms with Crippen LogP contribution >= 0.6 is 11.6 Å². The molecule has 0 atom stereocenters. The normalized spacial score (nSPS) is 17.1. The fourth-order valence-corrected chi connectivity index (χ4v) is 6.16. The van der Waals surface area contributed by atoms with Gasteiger partial charge < -0.3 is 9.30 Å². The molecule has 166 valence electrons. The van der Waals surface area contributed by atoms with Crippen molar-refractivity contribution in [3.8, 4) is 0 Å². The Morgan fingerprint density at radius 1 is 1.13 bits per heavy atom. The van der Waals surface area contributed by atoms with E-state index in [-0.39, 0.29) is 21.3 Å². The van der Waals surface area contributed by atoms with Crippen molar-refractivity contribution in [1.29, 1.82) is 0 Å². The average molecular weight is 465 g/mol. The van der Waals surface area contributed by atoms with E-state index in [4.69, 9.17) is 16.3 Å². The Balaban J connectivity index is 1.48. The highest BCUT2D eigenvalue weighted by Crippen LogP contribution is 2.38. The Bertz CT molecular complexity index is 1140. The molecule has 1 aliphatic carbocycles. The summed E-state index contributed by atoms with van der Waals surface area (Å²) < 4.78 is 34.4. The zero-order valence-electron chi connectivity index (χ0n) is 17.6. The van der Waals surface area contributed by atoms with Gasteiger partial charge in [-0.2, -0.15) is 4.31 Å². The lowest BCUT2D eigenvalue weighted by molar-refractivity contribution is 0.0474. The molecule has 7 nitrogen and oxygen atoms in total. The molecule has 1 aromatic carbocycles. The minimum absolute atomic E-state index is 0.0402. The maximum absolute atomic E-state index is 12.8. The average Bonchev–Trinajstić information content (AvgIpc) is 3.29. The second-order valence-electron chi connectivity index (χ2n) is 8.14. The molecule has 0 radical (unpaired) electrons.